The van der Waals surface area contributed by atoms with Crippen LogP contribution in [0.25, 0.3) is 0 Å². The van der Waals surface area contributed by atoms with Crippen LogP contribution in [0.15, 0.2) is 12.1 Å². The fraction of sp³-hybridized carbons (Fsp3) is 0.429. The second-order valence-corrected chi connectivity index (χ2v) is 4.87. The van der Waals surface area contributed by atoms with Gasteiger partial charge in [0, 0.05) is 6.54 Å². The van der Waals surface area contributed by atoms with Gasteiger partial charge in [0.1, 0.15) is 28.8 Å². The monoisotopic (exact) mass is 276 g/mol. The lowest BCUT2D eigenvalue weighted by molar-refractivity contribution is -0.119. The molecule has 1 fully saturated rings. The minimum Gasteiger partial charge on any atom is -0.496 e. The summed E-state index contributed by atoms with van der Waals surface area (Å²) in [6.07, 6.45) is 1.53. The van der Waals surface area contributed by atoms with Crippen LogP contribution in [0.2, 0.25) is 0 Å². The van der Waals surface area contributed by atoms with Crippen LogP contribution in [0.5, 0.6) is 11.5 Å². The average Bonchev–Trinajstić information content (AvgIpc) is 2.92. The molecular weight excluding hydrogens is 260 g/mol. The quantitative estimate of drug-likeness (QED) is 0.883. The molecule has 0 saturated carbocycles. The van der Waals surface area contributed by atoms with Crippen molar-refractivity contribution in [3.63, 3.8) is 0 Å². The topological polar surface area (TPSA) is 67.9 Å². The molecule has 2 aliphatic rings. The second kappa shape index (κ2) is 4.70. The molecule has 0 aliphatic carbocycles. The van der Waals surface area contributed by atoms with Gasteiger partial charge in [-0.1, -0.05) is 0 Å². The number of hydrogen-bond donors (Lipinski definition) is 1. The molecular formula is C14H16N2O4. The number of ether oxygens (including phenoxy) is 2. The number of nitrogens with one attached hydrogen (secondary N) is 1. The summed E-state index contributed by atoms with van der Waals surface area (Å²) >= 11 is 0. The van der Waals surface area contributed by atoms with E-state index in [0.29, 0.717) is 35.7 Å². The molecule has 1 atom stereocenters. The lowest BCUT2D eigenvalue weighted by atomic mass is 10.1. The highest BCUT2D eigenvalue weighted by Gasteiger charge is 2.40. The highest BCUT2D eigenvalue weighted by Crippen LogP contribution is 2.39. The second-order valence-electron chi connectivity index (χ2n) is 4.87. The van der Waals surface area contributed by atoms with Gasteiger partial charge < -0.3 is 19.7 Å². The maximum atomic E-state index is 12.7. The highest BCUT2D eigenvalue weighted by atomic mass is 16.5. The Morgan fingerprint density at radius 2 is 1.90 bits per heavy atom. The molecule has 0 aromatic heterocycles. The predicted octanol–water partition coefficient (Wildman–Crippen LogP) is 1.26. The molecule has 0 unspecified atom stereocenters. The third kappa shape index (κ3) is 1.71. The van der Waals surface area contributed by atoms with Gasteiger partial charge in [-0.05, 0) is 25.0 Å². The van der Waals surface area contributed by atoms with Gasteiger partial charge >= 0.3 is 0 Å². The Bertz CT molecular complexity index is 585. The van der Waals surface area contributed by atoms with Crippen molar-refractivity contribution in [1.29, 1.82) is 0 Å². The summed E-state index contributed by atoms with van der Waals surface area (Å²) in [7, 11) is 3.01. The lowest BCUT2D eigenvalue weighted by Gasteiger charge is -2.20. The maximum Gasteiger partial charge on any atom is 0.260 e. The van der Waals surface area contributed by atoms with E-state index in [2.05, 4.69) is 5.32 Å². The maximum absolute atomic E-state index is 12.7. The number of rotatable bonds is 2. The Labute approximate surface area is 116 Å². The van der Waals surface area contributed by atoms with Gasteiger partial charge in [-0.15, -0.1) is 0 Å². The molecule has 106 valence electrons. The van der Waals surface area contributed by atoms with E-state index in [1.54, 1.807) is 17.0 Å². The minimum absolute atomic E-state index is 0.166. The summed E-state index contributed by atoms with van der Waals surface area (Å²) in [5.74, 6) is 0.556. The smallest absolute Gasteiger partial charge is 0.260 e. The van der Waals surface area contributed by atoms with Gasteiger partial charge in [0.2, 0.25) is 5.91 Å². The molecule has 0 spiro atoms. The number of amides is 2. The van der Waals surface area contributed by atoms with Crippen molar-refractivity contribution in [1.82, 2.24) is 4.90 Å². The lowest BCUT2D eigenvalue weighted by Crippen LogP contribution is -2.40. The zero-order chi connectivity index (χ0) is 14.3. The fourth-order valence-corrected chi connectivity index (χ4v) is 2.87. The molecule has 6 nitrogen and oxygen atoms in total. The summed E-state index contributed by atoms with van der Waals surface area (Å²) in [4.78, 5) is 26.6. The number of nitrogens with zero attached hydrogens (tertiary/aromatic N) is 1. The molecule has 0 bridgehead atoms. The zero-order valence-corrected chi connectivity index (χ0v) is 11.4. The van der Waals surface area contributed by atoms with Crippen molar-refractivity contribution in [2.75, 3.05) is 26.1 Å². The average molecular weight is 276 g/mol. The first-order valence-corrected chi connectivity index (χ1v) is 6.54. The van der Waals surface area contributed by atoms with Crippen molar-refractivity contribution in [2.45, 2.75) is 18.9 Å². The predicted molar refractivity (Wildman–Crippen MR) is 72.2 cm³/mol. The van der Waals surface area contributed by atoms with Crippen molar-refractivity contribution >= 4 is 17.5 Å². The molecule has 1 aromatic rings. The first-order valence-electron chi connectivity index (χ1n) is 6.54. The number of fused-ring (bicyclic) bond motifs is 2. The van der Waals surface area contributed by atoms with E-state index >= 15 is 0 Å². The first-order chi connectivity index (χ1) is 9.67. The van der Waals surface area contributed by atoms with Crippen LogP contribution in [0.3, 0.4) is 0 Å². The van der Waals surface area contributed by atoms with Gasteiger partial charge in [0.05, 0.1) is 14.2 Å². The molecule has 2 heterocycles. The zero-order valence-electron chi connectivity index (χ0n) is 11.4. The van der Waals surface area contributed by atoms with Crippen molar-refractivity contribution in [2.24, 2.45) is 0 Å². The van der Waals surface area contributed by atoms with E-state index in [1.165, 1.54) is 14.2 Å². The summed E-state index contributed by atoms with van der Waals surface area (Å²) in [6.45, 7) is 0.594. The van der Waals surface area contributed by atoms with E-state index in [1.807, 2.05) is 0 Å². The van der Waals surface area contributed by atoms with E-state index < -0.39 is 6.04 Å². The Balaban J connectivity index is 2.20. The van der Waals surface area contributed by atoms with Gasteiger partial charge in [-0.2, -0.15) is 0 Å². The Kier molecular flexibility index (Phi) is 3.00. The van der Waals surface area contributed by atoms with Crippen LogP contribution in [-0.4, -0.2) is 43.5 Å². The van der Waals surface area contributed by atoms with E-state index in [0.717, 1.165) is 6.42 Å². The van der Waals surface area contributed by atoms with Gasteiger partial charge in [0.25, 0.3) is 5.91 Å². The fourth-order valence-electron chi connectivity index (χ4n) is 2.87. The van der Waals surface area contributed by atoms with E-state index in [9.17, 15) is 9.59 Å². The van der Waals surface area contributed by atoms with Crippen molar-refractivity contribution in [3.8, 4) is 11.5 Å². The van der Waals surface area contributed by atoms with Crippen molar-refractivity contribution < 1.29 is 19.1 Å². The highest BCUT2D eigenvalue weighted by molar-refractivity contribution is 6.12. The Morgan fingerprint density at radius 1 is 1.20 bits per heavy atom. The molecule has 1 saturated heterocycles. The summed E-state index contributed by atoms with van der Waals surface area (Å²) in [5, 5.41) is 2.81. The molecule has 20 heavy (non-hydrogen) atoms. The number of hydrogen-bond acceptors (Lipinski definition) is 4. The molecule has 6 heteroatoms. The SMILES string of the molecule is COc1ccc(OC)c2c1NC(=O)[C@@H]1CCCN1C2=O. The number of methoxy groups -OCH3 is 2. The number of benzene rings is 1. The standard InChI is InChI=1S/C14H16N2O4/c1-19-9-5-6-10(20-2)12-11(9)14(18)16-7-3-4-8(16)13(17)15-12/h5-6,8H,3-4,7H2,1-2H3,(H,15,17)/t8-/m0/s1. The largest absolute Gasteiger partial charge is 0.496 e. The molecule has 1 aromatic carbocycles. The normalized spacial score (nSPS) is 20.9. The summed E-state index contributed by atoms with van der Waals surface area (Å²) < 4.78 is 10.5. The third-order valence-electron chi connectivity index (χ3n) is 3.85. The molecule has 2 aliphatic heterocycles. The number of carbonyl (C=O) groups excluding carboxylic acids is 2. The van der Waals surface area contributed by atoms with Gasteiger partial charge in [0.15, 0.2) is 0 Å². The summed E-state index contributed by atoms with van der Waals surface area (Å²) in [5.41, 5.74) is 0.765. The van der Waals surface area contributed by atoms with Crippen LogP contribution in [-0.2, 0) is 4.79 Å². The van der Waals surface area contributed by atoms with Crippen LogP contribution >= 0.6 is 0 Å². The summed E-state index contributed by atoms with van der Waals surface area (Å²) in [6, 6.07) is 2.96. The molecule has 3 rings (SSSR count). The van der Waals surface area contributed by atoms with Crippen LogP contribution in [0, 0.1) is 0 Å². The van der Waals surface area contributed by atoms with Gasteiger partial charge in [-0.3, -0.25) is 9.59 Å². The van der Waals surface area contributed by atoms with Crippen LogP contribution in [0.1, 0.15) is 23.2 Å². The molecule has 2 amide bonds. The minimum atomic E-state index is -0.399. The molecule has 0 radical (unpaired) electrons. The number of carbonyl (C=O) groups is 2. The van der Waals surface area contributed by atoms with E-state index in [4.69, 9.17) is 9.47 Å². The molecule has 1 N–H and O–H groups in total. The number of anilines is 1. The van der Waals surface area contributed by atoms with E-state index in [-0.39, 0.29) is 11.8 Å². The Morgan fingerprint density at radius 3 is 2.60 bits per heavy atom. The third-order valence-corrected chi connectivity index (χ3v) is 3.85. The Hall–Kier alpha value is -2.24. The first kappa shape index (κ1) is 12.8. The van der Waals surface area contributed by atoms with Gasteiger partial charge in [-0.25, -0.2) is 0 Å². The van der Waals surface area contributed by atoms with Crippen molar-refractivity contribution in [3.05, 3.63) is 17.7 Å². The van der Waals surface area contributed by atoms with Crippen LogP contribution < -0.4 is 14.8 Å². The van der Waals surface area contributed by atoms with Crippen LogP contribution in [0.4, 0.5) is 5.69 Å².